The fraction of sp³-hybridized carbons (Fsp3) is 1.00. The summed E-state index contributed by atoms with van der Waals surface area (Å²) in [4.78, 5) is 0. The van der Waals surface area contributed by atoms with Crippen molar-refractivity contribution in [1.29, 1.82) is 0 Å². The first-order chi connectivity index (χ1) is 3.48. The van der Waals surface area contributed by atoms with Crippen molar-refractivity contribution in [1.82, 2.24) is 0 Å². The van der Waals surface area contributed by atoms with E-state index in [1.165, 1.54) is 6.92 Å². The van der Waals surface area contributed by atoms with Gasteiger partial charge in [-0.2, -0.15) is 25.8 Å². The average molecular weight is 144 g/mol. The zero-order valence-corrected chi connectivity index (χ0v) is 5.26. The van der Waals surface area contributed by atoms with Crippen LogP contribution < -0.4 is 0 Å². The van der Waals surface area contributed by atoms with Crippen LogP contribution in [-0.2, 0) is 0 Å². The largest absolute Gasteiger partial charge is 0.400 e. The van der Waals surface area contributed by atoms with Gasteiger partial charge in [-0.05, 0) is 6.42 Å². The minimum Gasteiger partial charge on any atom is -0.170 e. The van der Waals surface area contributed by atoms with Gasteiger partial charge >= 0.3 is 6.18 Å². The van der Waals surface area contributed by atoms with E-state index in [0.717, 1.165) is 0 Å². The minimum atomic E-state index is -4.13. The molecule has 0 aliphatic heterocycles. The van der Waals surface area contributed by atoms with E-state index in [2.05, 4.69) is 12.6 Å². The van der Waals surface area contributed by atoms with Crippen molar-refractivity contribution in [2.75, 3.05) is 0 Å². The minimum absolute atomic E-state index is 0.0343. The second kappa shape index (κ2) is 2.62. The summed E-state index contributed by atoms with van der Waals surface area (Å²) in [6.45, 7) is 1.45. The molecule has 0 fully saturated rings. The van der Waals surface area contributed by atoms with Gasteiger partial charge in [-0.1, -0.05) is 6.92 Å². The van der Waals surface area contributed by atoms with Crippen LogP contribution in [0.15, 0.2) is 0 Å². The lowest BCUT2D eigenvalue weighted by Crippen LogP contribution is -2.21. The smallest absolute Gasteiger partial charge is 0.170 e. The van der Waals surface area contributed by atoms with Gasteiger partial charge in [0.25, 0.3) is 0 Å². The third kappa shape index (κ3) is 2.45. The third-order valence-corrected chi connectivity index (χ3v) is 1.42. The highest BCUT2D eigenvalue weighted by molar-refractivity contribution is 7.81. The van der Waals surface area contributed by atoms with Gasteiger partial charge < -0.3 is 0 Å². The molecule has 0 heterocycles. The molecule has 0 bridgehead atoms. The lowest BCUT2D eigenvalue weighted by Gasteiger charge is -2.10. The standard InChI is InChI=1S/C4H7F3S/c1-2-3(8)4(5,6)7/h3,8H,2H2,1H3. The summed E-state index contributed by atoms with van der Waals surface area (Å²) in [5, 5.41) is -1.46. The monoisotopic (exact) mass is 144 g/mol. The van der Waals surface area contributed by atoms with E-state index in [1.54, 1.807) is 0 Å². The Hall–Kier alpha value is 0.140. The summed E-state index contributed by atoms with van der Waals surface area (Å²) < 4.78 is 34.1. The lowest BCUT2D eigenvalue weighted by molar-refractivity contribution is -0.128. The topological polar surface area (TPSA) is 0 Å². The Morgan fingerprint density at radius 1 is 1.50 bits per heavy atom. The maximum atomic E-state index is 11.4. The van der Waals surface area contributed by atoms with Gasteiger partial charge in [-0.3, -0.25) is 0 Å². The summed E-state index contributed by atoms with van der Waals surface area (Å²) in [5.74, 6) is 0. The molecular formula is C4H7F3S. The zero-order valence-electron chi connectivity index (χ0n) is 4.37. The predicted molar refractivity (Wildman–Crippen MR) is 29.1 cm³/mol. The van der Waals surface area contributed by atoms with Gasteiger partial charge in [0.1, 0.15) is 0 Å². The Kier molecular flexibility index (Phi) is 2.66. The highest BCUT2D eigenvalue weighted by atomic mass is 32.1. The highest BCUT2D eigenvalue weighted by Gasteiger charge is 2.35. The molecule has 0 aliphatic rings. The lowest BCUT2D eigenvalue weighted by atomic mass is 10.3. The molecule has 0 amide bonds. The maximum Gasteiger partial charge on any atom is 0.400 e. The van der Waals surface area contributed by atoms with Crippen molar-refractivity contribution < 1.29 is 13.2 Å². The van der Waals surface area contributed by atoms with Gasteiger partial charge in [0, 0.05) is 0 Å². The van der Waals surface area contributed by atoms with E-state index in [4.69, 9.17) is 0 Å². The van der Waals surface area contributed by atoms with E-state index in [0.29, 0.717) is 0 Å². The van der Waals surface area contributed by atoms with Crippen molar-refractivity contribution in [2.45, 2.75) is 24.8 Å². The van der Waals surface area contributed by atoms with Crippen molar-refractivity contribution in [3.8, 4) is 0 Å². The van der Waals surface area contributed by atoms with Crippen LogP contribution in [0.3, 0.4) is 0 Å². The van der Waals surface area contributed by atoms with Crippen LogP contribution in [0.25, 0.3) is 0 Å². The van der Waals surface area contributed by atoms with Crippen molar-refractivity contribution in [3.05, 3.63) is 0 Å². The molecule has 0 aromatic heterocycles. The molecule has 0 saturated carbocycles. The molecule has 1 atom stereocenters. The Morgan fingerprint density at radius 3 is 1.88 bits per heavy atom. The summed E-state index contributed by atoms with van der Waals surface area (Å²) in [7, 11) is 0. The van der Waals surface area contributed by atoms with Crippen LogP contribution in [0.4, 0.5) is 13.2 Å². The van der Waals surface area contributed by atoms with E-state index in [-0.39, 0.29) is 6.42 Å². The summed E-state index contributed by atoms with van der Waals surface area (Å²) in [6, 6.07) is 0. The molecule has 0 radical (unpaired) electrons. The molecule has 1 unspecified atom stereocenters. The molecule has 0 nitrogen and oxygen atoms in total. The van der Waals surface area contributed by atoms with Gasteiger partial charge in [0.15, 0.2) is 0 Å². The van der Waals surface area contributed by atoms with Crippen LogP contribution >= 0.6 is 12.6 Å². The molecule has 4 heteroatoms. The number of thiol groups is 1. The first-order valence-corrected chi connectivity index (χ1v) is 2.75. The van der Waals surface area contributed by atoms with Gasteiger partial charge in [-0.15, -0.1) is 0 Å². The van der Waals surface area contributed by atoms with Gasteiger partial charge in [0.05, 0.1) is 5.25 Å². The maximum absolute atomic E-state index is 11.4. The quantitative estimate of drug-likeness (QED) is 0.536. The van der Waals surface area contributed by atoms with E-state index in [1.807, 2.05) is 0 Å². The Bertz CT molecular complexity index is 68.2. The number of halogens is 3. The molecule has 8 heavy (non-hydrogen) atoms. The Labute approximate surface area is 51.5 Å². The average Bonchev–Trinajstić information content (AvgIpc) is 1.62. The molecule has 0 N–H and O–H groups in total. The molecule has 0 aliphatic carbocycles. The zero-order chi connectivity index (χ0) is 6.78. The molecule has 0 rings (SSSR count). The Morgan fingerprint density at radius 2 is 1.88 bits per heavy atom. The van der Waals surface area contributed by atoms with Crippen molar-refractivity contribution in [3.63, 3.8) is 0 Å². The number of alkyl halides is 3. The third-order valence-electron chi connectivity index (χ3n) is 0.765. The number of hydrogen-bond donors (Lipinski definition) is 1. The number of hydrogen-bond acceptors (Lipinski definition) is 1. The van der Waals surface area contributed by atoms with Crippen LogP contribution in [0.1, 0.15) is 13.3 Å². The fourth-order valence-electron chi connectivity index (χ4n) is 0.231. The summed E-state index contributed by atoms with van der Waals surface area (Å²) >= 11 is 3.29. The highest BCUT2D eigenvalue weighted by Crippen LogP contribution is 2.26. The van der Waals surface area contributed by atoms with E-state index >= 15 is 0 Å². The summed E-state index contributed by atoms with van der Waals surface area (Å²) in [6.07, 6.45) is -4.09. The first kappa shape index (κ1) is 8.14. The predicted octanol–water partition coefficient (Wildman–Crippen LogP) is 2.26. The number of rotatable bonds is 1. The normalized spacial score (nSPS) is 16.1. The van der Waals surface area contributed by atoms with Crippen LogP contribution in [0, 0.1) is 0 Å². The molecule has 0 aromatic carbocycles. The molecule has 50 valence electrons. The van der Waals surface area contributed by atoms with Gasteiger partial charge in [0.2, 0.25) is 0 Å². The SMILES string of the molecule is CCC(S)C(F)(F)F. The molecular weight excluding hydrogens is 137 g/mol. The first-order valence-electron chi connectivity index (χ1n) is 2.23. The van der Waals surface area contributed by atoms with Crippen LogP contribution in [0.2, 0.25) is 0 Å². The molecule has 0 aromatic rings. The second-order valence-corrected chi connectivity index (χ2v) is 2.09. The van der Waals surface area contributed by atoms with Crippen LogP contribution in [0.5, 0.6) is 0 Å². The fourth-order valence-corrected chi connectivity index (χ4v) is 0.231. The summed E-state index contributed by atoms with van der Waals surface area (Å²) in [5.41, 5.74) is 0. The van der Waals surface area contributed by atoms with E-state index in [9.17, 15) is 13.2 Å². The second-order valence-electron chi connectivity index (χ2n) is 1.47. The molecule has 0 saturated heterocycles. The van der Waals surface area contributed by atoms with Crippen molar-refractivity contribution in [2.24, 2.45) is 0 Å². The molecule has 0 spiro atoms. The Balaban J connectivity index is 3.62. The van der Waals surface area contributed by atoms with Crippen LogP contribution in [-0.4, -0.2) is 11.4 Å². The van der Waals surface area contributed by atoms with Crippen molar-refractivity contribution >= 4 is 12.6 Å². The van der Waals surface area contributed by atoms with Gasteiger partial charge in [-0.25, -0.2) is 0 Å². The van der Waals surface area contributed by atoms with E-state index < -0.39 is 11.4 Å².